The van der Waals surface area contributed by atoms with Crippen LogP contribution >= 0.6 is 11.8 Å². The second-order valence-corrected chi connectivity index (χ2v) is 3.91. The number of aromatic nitrogens is 2. The molecule has 72 valence electrons. The third kappa shape index (κ3) is 2.67. The fourth-order valence-corrected chi connectivity index (χ4v) is 1.57. The van der Waals surface area contributed by atoms with Crippen molar-refractivity contribution in [3.63, 3.8) is 0 Å². The van der Waals surface area contributed by atoms with Crippen molar-refractivity contribution < 1.29 is 0 Å². The first-order chi connectivity index (χ1) is 6.15. The zero-order valence-electron chi connectivity index (χ0n) is 8.24. The molecule has 0 bridgehead atoms. The lowest BCUT2D eigenvalue weighted by molar-refractivity contribution is 0.781. The number of hydrogen-bond acceptors (Lipinski definition) is 4. The van der Waals surface area contributed by atoms with Crippen LogP contribution in [0.1, 0.15) is 30.0 Å². The molecule has 0 radical (unpaired) electrons. The average molecular weight is 197 g/mol. The highest BCUT2D eigenvalue weighted by Gasteiger charge is 2.06. The Hall–Kier alpha value is -0.610. The van der Waals surface area contributed by atoms with E-state index in [-0.39, 0.29) is 6.04 Å². The minimum Gasteiger partial charge on any atom is -0.324 e. The Morgan fingerprint density at radius 2 is 2.31 bits per heavy atom. The van der Waals surface area contributed by atoms with Gasteiger partial charge in [0.15, 0.2) is 0 Å². The topological polar surface area (TPSA) is 51.8 Å². The Morgan fingerprint density at radius 1 is 1.62 bits per heavy atom. The summed E-state index contributed by atoms with van der Waals surface area (Å²) in [4.78, 5) is 8.61. The van der Waals surface area contributed by atoms with Crippen LogP contribution in [-0.4, -0.2) is 16.2 Å². The number of aryl methyl sites for hydroxylation is 1. The summed E-state index contributed by atoms with van der Waals surface area (Å²) in [5.41, 5.74) is 7.78. The van der Waals surface area contributed by atoms with Crippen LogP contribution < -0.4 is 5.73 Å². The lowest BCUT2D eigenvalue weighted by Crippen LogP contribution is -2.10. The Balaban J connectivity index is 2.92. The van der Waals surface area contributed by atoms with E-state index in [9.17, 15) is 0 Å². The molecule has 0 fully saturated rings. The average Bonchev–Trinajstić information content (AvgIpc) is 2.04. The van der Waals surface area contributed by atoms with E-state index >= 15 is 0 Å². The van der Waals surface area contributed by atoms with E-state index in [4.69, 9.17) is 5.73 Å². The number of thioether (sulfide) groups is 1. The standard InChI is InChI=1S/C9H15N3S/c1-6(10)8-4-11-9(5-13-3)12-7(8)2/h4,6H,5,10H2,1-3H3/t6-/m0/s1. The first-order valence-electron chi connectivity index (χ1n) is 4.22. The predicted octanol–water partition coefficient (Wildman–Crippen LogP) is 1.67. The summed E-state index contributed by atoms with van der Waals surface area (Å²) in [5.74, 6) is 1.74. The van der Waals surface area contributed by atoms with Crippen LogP contribution in [0.2, 0.25) is 0 Å². The van der Waals surface area contributed by atoms with Gasteiger partial charge in [-0.1, -0.05) is 0 Å². The molecule has 1 atom stereocenters. The van der Waals surface area contributed by atoms with Crippen molar-refractivity contribution in [1.82, 2.24) is 9.97 Å². The van der Waals surface area contributed by atoms with E-state index in [0.717, 1.165) is 22.8 Å². The van der Waals surface area contributed by atoms with Gasteiger partial charge in [-0.3, -0.25) is 0 Å². The SMILES string of the molecule is CSCc1ncc([C@H](C)N)c(C)n1. The first-order valence-corrected chi connectivity index (χ1v) is 5.61. The maximum atomic E-state index is 5.75. The summed E-state index contributed by atoms with van der Waals surface area (Å²) in [5, 5.41) is 0. The molecule has 0 aliphatic heterocycles. The molecule has 0 aromatic carbocycles. The first kappa shape index (κ1) is 10.5. The molecule has 0 aliphatic rings. The predicted molar refractivity (Wildman–Crippen MR) is 56.6 cm³/mol. The van der Waals surface area contributed by atoms with E-state index in [2.05, 4.69) is 9.97 Å². The minimum atomic E-state index is 0.0170. The number of hydrogen-bond donors (Lipinski definition) is 1. The van der Waals surface area contributed by atoms with Crippen LogP contribution in [0.3, 0.4) is 0 Å². The van der Waals surface area contributed by atoms with Crippen molar-refractivity contribution in [2.75, 3.05) is 6.26 Å². The van der Waals surface area contributed by atoms with Crippen LogP contribution in [0, 0.1) is 6.92 Å². The van der Waals surface area contributed by atoms with E-state index < -0.39 is 0 Å². The molecular formula is C9H15N3S. The van der Waals surface area contributed by atoms with E-state index in [1.165, 1.54) is 0 Å². The summed E-state index contributed by atoms with van der Waals surface area (Å²) in [6.07, 6.45) is 3.87. The molecule has 1 heterocycles. The van der Waals surface area contributed by atoms with Gasteiger partial charge in [-0.05, 0) is 20.1 Å². The molecule has 0 saturated heterocycles. The fraction of sp³-hybridized carbons (Fsp3) is 0.556. The highest BCUT2D eigenvalue weighted by atomic mass is 32.2. The van der Waals surface area contributed by atoms with Crippen LogP contribution in [0.4, 0.5) is 0 Å². The van der Waals surface area contributed by atoms with Gasteiger partial charge in [0.05, 0.1) is 5.75 Å². The van der Waals surface area contributed by atoms with Crippen LogP contribution in [0.15, 0.2) is 6.20 Å². The van der Waals surface area contributed by atoms with Gasteiger partial charge >= 0.3 is 0 Å². The van der Waals surface area contributed by atoms with Gasteiger partial charge in [-0.25, -0.2) is 9.97 Å². The van der Waals surface area contributed by atoms with Gasteiger partial charge in [-0.2, -0.15) is 11.8 Å². The molecule has 1 aromatic heterocycles. The monoisotopic (exact) mass is 197 g/mol. The van der Waals surface area contributed by atoms with E-state index in [1.807, 2.05) is 26.3 Å². The van der Waals surface area contributed by atoms with Crippen molar-refractivity contribution in [3.05, 3.63) is 23.3 Å². The summed E-state index contributed by atoms with van der Waals surface area (Å²) < 4.78 is 0. The third-order valence-electron chi connectivity index (χ3n) is 1.83. The van der Waals surface area contributed by atoms with Crippen LogP contribution in [0.25, 0.3) is 0 Å². The second-order valence-electron chi connectivity index (χ2n) is 3.05. The molecule has 0 aliphatic carbocycles. The number of nitrogens with zero attached hydrogens (tertiary/aromatic N) is 2. The molecular weight excluding hydrogens is 182 g/mol. The van der Waals surface area contributed by atoms with Crippen LogP contribution in [0.5, 0.6) is 0 Å². The summed E-state index contributed by atoms with van der Waals surface area (Å²) in [7, 11) is 0. The summed E-state index contributed by atoms with van der Waals surface area (Å²) in [6, 6.07) is 0.0170. The van der Waals surface area contributed by atoms with Crippen molar-refractivity contribution in [3.8, 4) is 0 Å². The van der Waals surface area contributed by atoms with E-state index in [0.29, 0.717) is 0 Å². The van der Waals surface area contributed by atoms with Crippen LogP contribution in [-0.2, 0) is 5.75 Å². The van der Waals surface area contributed by atoms with Gasteiger partial charge in [-0.15, -0.1) is 0 Å². The zero-order chi connectivity index (χ0) is 9.84. The van der Waals surface area contributed by atoms with Gasteiger partial charge in [0, 0.05) is 23.5 Å². The van der Waals surface area contributed by atoms with Gasteiger partial charge < -0.3 is 5.73 Å². The maximum absolute atomic E-state index is 5.75. The van der Waals surface area contributed by atoms with Gasteiger partial charge in [0.2, 0.25) is 0 Å². The van der Waals surface area contributed by atoms with Gasteiger partial charge in [0.1, 0.15) is 5.82 Å². The Labute approximate surface area is 83.2 Å². The lowest BCUT2D eigenvalue weighted by atomic mass is 10.1. The lowest BCUT2D eigenvalue weighted by Gasteiger charge is -2.08. The molecule has 0 saturated carbocycles. The Bertz CT molecular complexity index is 286. The number of rotatable bonds is 3. The summed E-state index contributed by atoms with van der Waals surface area (Å²) in [6.45, 7) is 3.92. The molecule has 0 amide bonds. The molecule has 1 rings (SSSR count). The minimum absolute atomic E-state index is 0.0170. The smallest absolute Gasteiger partial charge is 0.138 e. The Morgan fingerprint density at radius 3 is 2.77 bits per heavy atom. The third-order valence-corrected chi connectivity index (χ3v) is 2.38. The Kier molecular flexibility index (Phi) is 3.69. The molecule has 0 spiro atoms. The maximum Gasteiger partial charge on any atom is 0.138 e. The number of nitrogens with two attached hydrogens (primary N) is 1. The molecule has 1 aromatic rings. The van der Waals surface area contributed by atoms with Crippen molar-refractivity contribution in [1.29, 1.82) is 0 Å². The molecule has 13 heavy (non-hydrogen) atoms. The van der Waals surface area contributed by atoms with Crippen molar-refractivity contribution in [2.24, 2.45) is 5.73 Å². The molecule has 3 nitrogen and oxygen atoms in total. The molecule has 0 unspecified atom stereocenters. The van der Waals surface area contributed by atoms with Crippen molar-refractivity contribution >= 4 is 11.8 Å². The van der Waals surface area contributed by atoms with E-state index in [1.54, 1.807) is 11.8 Å². The van der Waals surface area contributed by atoms with Gasteiger partial charge in [0.25, 0.3) is 0 Å². The quantitative estimate of drug-likeness (QED) is 0.800. The zero-order valence-corrected chi connectivity index (χ0v) is 9.06. The largest absolute Gasteiger partial charge is 0.324 e. The normalized spacial score (nSPS) is 12.9. The van der Waals surface area contributed by atoms with Crippen molar-refractivity contribution in [2.45, 2.75) is 25.6 Å². The second kappa shape index (κ2) is 4.58. The molecule has 4 heteroatoms. The summed E-state index contributed by atoms with van der Waals surface area (Å²) >= 11 is 1.72. The highest BCUT2D eigenvalue weighted by Crippen LogP contribution is 2.13. The molecule has 2 N–H and O–H groups in total. The fourth-order valence-electron chi connectivity index (χ4n) is 1.17. The highest BCUT2D eigenvalue weighted by molar-refractivity contribution is 7.97.